The molecule has 2 heterocycles. The Balaban J connectivity index is 1.62. The van der Waals surface area contributed by atoms with Gasteiger partial charge in [0.2, 0.25) is 11.8 Å². The van der Waals surface area contributed by atoms with E-state index in [1.165, 1.54) is 23.1 Å². The van der Waals surface area contributed by atoms with Crippen LogP contribution in [0, 0.1) is 12.7 Å². The zero-order chi connectivity index (χ0) is 21.1. The molecule has 0 atom stereocenters. The number of para-hydroxylation sites is 1. The van der Waals surface area contributed by atoms with Gasteiger partial charge in [-0.2, -0.15) is 0 Å². The van der Waals surface area contributed by atoms with E-state index in [0.717, 1.165) is 11.1 Å². The highest BCUT2D eigenvalue weighted by Crippen LogP contribution is 2.30. The Hall–Kier alpha value is -3.87. The number of anilines is 2. The average molecular weight is 402 g/mol. The van der Waals surface area contributed by atoms with Crippen molar-refractivity contribution in [2.45, 2.75) is 13.3 Å². The predicted molar refractivity (Wildman–Crippen MR) is 114 cm³/mol. The Bertz CT molecular complexity index is 1140. The van der Waals surface area contributed by atoms with Crippen LogP contribution in [0.5, 0.6) is 0 Å². The van der Waals surface area contributed by atoms with E-state index in [-0.39, 0.29) is 24.6 Å². The molecule has 7 heteroatoms. The van der Waals surface area contributed by atoms with Crippen molar-refractivity contribution in [2.24, 2.45) is 4.99 Å². The highest BCUT2D eigenvalue weighted by molar-refractivity contribution is 6.18. The first-order valence-electron chi connectivity index (χ1n) is 9.45. The molecule has 0 saturated carbocycles. The van der Waals surface area contributed by atoms with E-state index >= 15 is 0 Å². The maximum absolute atomic E-state index is 13.9. The van der Waals surface area contributed by atoms with Crippen LogP contribution in [0.3, 0.4) is 0 Å². The Morgan fingerprint density at radius 3 is 2.63 bits per heavy atom. The minimum Gasteiger partial charge on any atom is -0.322 e. The molecule has 1 aromatic heterocycles. The average Bonchev–Trinajstić information content (AvgIpc) is 2.87. The SMILES string of the molecule is Cc1ccc(C2=Nc3cccnc3N(CC(=O)Nc3ccccc3F)C(=O)C2)cc1. The normalized spacial score (nSPS) is 13.3. The summed E-state index contributed by atoms with van der Waals surface area (Å²) in [5.74, 6) is -1.08. The molecular weight excluding hydrogens is 383 g/mol. The van der Waals surface area contributed by atoms with Crippen LogP contribution in [0.4, 0.5) is 21.6 Å². The smallest absolute Gasteiger partial charge is 0.244 e. The number of pyridine rings is 1. The Labute approximate surface area is 173 Å². The van der Waals surface area contributed by atoms with Crippen molar-refractivity contribution in [1.82, 2.24) is 4.98 Å². The summed E-state index contributed by atoms with van der Waals surface area (Å²) in [6, 6.07) is 17.1. The number of hydrogen-bond donors (Lipinski definition) is 1. The molecule has 1 N–H and O–H groups in total. The van der Waals surface area contributed by atoms with E-state index in [2.05, 4.69) is 15.3 Å². The maximum Gasteiger partial charge on any atom is 0.244 e. The molecule has 3 aromatic rings. The van der Waals surface area contributed by atoms with Gasteiger partial charge in [0.15, 0.2) is 5.82 Å². The summed E-state index contributed by atoms with van der Waals surface area (Å²) in [4.78, 5) is 35.8. The third-order valence-electron chi connectivity index (χ3n) is 4.73. The molecule has 0 radical (unpaired) electrons. The standard InChI is InChI=1S/C23H19FN4O2/c1-15-8-10-16(11-9-15)20-13-22(30)28(23-19(26-20)7-4-12-25-23)14-21(29)27-18-6-3-2-5-17(18)24/h2-12H,13-14H2,1H3,(H,27,29). The number of nitrogens with zero attached hydrogens (tertiary/aromatic N) is 3. The second-order valence-electron chi connectivity index (χ2n) is 6.96. The highest BCUT2D eigenvalue weighted by atomic mass is 19.1. The van der Waals surface area contributed by atoms with Gasteiger partial charge in [-0.25, -0.2) is 14.4 Å². The number of carbonyl (C=O) groups is 2. The number of aryl methyl sites for hydroxylation is 1. The molecule has 0 unspecified atom stereocenters. The number of amides is 2. The summed E-state index contributed by atoms with van der Waals surface area (Å²) >= 11 is 0. The van der Waals surface area contributed by atoms with Crippen molar-refractivity contribution in [3.63, 3.8) is 0 Å². The van der Waals surface area contributed by atoms with Crippen molar-refractivity contribution in [3.05, 3.63) is 83.8 Å². The van der Waals surface area contributed by atoms with Crippen LogP contribution in [-0.4, -0.2) is 29.1 Å². The van der Waals surface area contributed by atoms with Gasteiger partial charge in [-0.1, -0.05) is 42.0 Å². The molecule has 2 aromatic carbocycles. The number of aromatic nitrogens is 1. The number of halogens is 1. The van der Waals surface area contributed by atoms with Crippen molar-refractivity contribution >= 4 is 34.7 Å². The lowest BCUT2D eigenvalue weighted by atomic mass is 10.1. The van der Waals surface area contributed by atoms with Gasteiger partial charge in [0.1, 0.15) is 18.0 Å². The molecular formula is C23H19FN4O2. The summed E-state index contributed by atoms with van der Waals surface area (Å²) in [6.07, 6.45) is 1.56. The molecule has 0 fully saturated rings. The second-order valence-corrected chi connectivity index (χ2v) is 6.96. The van der Waals surface area contributed by atoms with Crippen molar-refractivity contribution in [1.29, 1.82) is 0 Å². The quantitative estimate of drug-likeness (QED) is 0.716. The van der Waals surface area contributed by atoms with Gasteiger partial charge >= 0.3 is 0 Å². The molecule has 150 valence electrons. The van der Waals surface area contributed by atoms with Crippen LogP contribution < -0.4 is 10.2 Å². The van der Waals surface area contributed by atoms with Gasteiger partial charge < -0.3 is 5.32 Å². The first kappa shape index (κ1) is 19.4. The molecule has 0 saturated heterocycles. The molecule has 0 aliphatic carbocycles. The number of carbonyl (C=O) groups excluding carboxylic acids is 2. The minimum atomic E-state index is -0.545. The van der Waals surface area contributed by atoms with Crippen LogP contribution in [0.25, 0.3) is 0 Å². The second kappa shape index (κ2) is 8.24. The molecule has 1 aliphatic heterocycles. The van der Waals surface area contributed by atoms with Gasteiger partial charge in [0.25, 0.3) is 0 Å². The first-order chi connectivity index (χ1) is 14.5. The molecule has 6 nitrogen and oxygen atoms in total. The maximum atomic E-state index is 13.9. The molecule has 1 aliphatic rings. The third-order valence-corrected chi connectivity index (χ3v) is 4.73. The Kier molecular flexibility index (Phi) is 5.34. The third kappa shape index (κ3) is 4.10. The summed E-state index contributed by atoms with van der Waals surface area (Å²) in [5, 5.41) is 2.51. The van der Waals surface area contributed by atoms with Gasteiger partial charge in [-0.15, -0.1) is 0 Å². The lowest BCUT2D eigenvalue weighted by molar-refractivity contribution is -0.120. The topological polar surface area (TPSA) is 74.7 Å². The van der Waals surface area contributed by atoms with E-state index in [1.54, 1.807) is 24.4 Å². The number of benzene rings is 2. The van der Waals surface area contributed by atoms with Crippen molar-refractivity contribution in [2.75, 3.05) is 16.8 Å². The zero-order valence-corrected chi connectivity index (χ0v) is 16.3. The number of aliphatic imine (C=N–C) groups is 1. The molecule has 0 spiro atoms. The fourth-order valence-electron chi connectivity index (χ4n) is 3.20. The number of rotatable bonds is 4. The Morgan fingerprint density at radius 2 is 1.87 bits per heavy atom. The van der Waals surface area contributed by atoms with Crippen LogP contribution in [0.1, 0.15) is 17.5 Å². The lowest BCUT2D eigenvalue weighted by Crippen LogP contribution is -2.39. The van der Waals surface area contributed by atoms with Crippen LogP contribution >= 0.6 is 0 Å². The highest BCUT2D eigenvalue weighted by Gasteiger charge is 2.27. The van der Waals surface area contributed by atoms with Gasteiger partial charge in [-0.05, 0) is 36.8 Å². The van der Waals surface area contributed by atoms with Crippen LogP contribution in [0.2, 0.25) is 0 Å². The summed E-state index contributed by atoms with van der Waals surface area (Å²) in [7, 11) is 0. The molecule has 0 bridgehead atoms. The molecule has 4 rings (SSSR count). The number of fused-ring (bicyclic) bond motifs is 1. The van der Waals surface area contributed by atoms with Crippen LogP contribution in [0.15, 0.2) is 71.9 Å². The summed E-state index contributed by atoms with van der Waals surface area (Å²) < 4.78 is 13.9. The minimum absolute atomic E-state index is 0.0202. The van der Waals surface area contributed by atoms with Gasteiger partial charge in [0, 0.05) is 6.20 Å². The van der Waals surface area contributed by atoms with Crippen molar-refractivity contribution in [3.8, 4) is 0 Å². The van der Waals surface area contributed by atoms with E-state index < -0.39 is 11.7 Å². The number of hydrogen-bond acceptors (Lipinski definition) is 4. The fourth-order valence-corrected chi connectivity index (χ4v) is 3.20. The molecule has 2 amide bonds. The van der Waals surface area contributed by atoms with Crippen molar-refractivity contribution < 1.29 is 14.0 Å². The Morgan fingerprint density at radius 1 is 1.10 bits per heavy atom. The van der Waals surface area contributed by atoms with Gasteiger partial charge in [-0.3, -0.25) is 14.5 Å². The summed E-state index contributed by atoms with van der Waals surface area (Å²) in [6.45, 7) is 1.69. The van der Waals surface area contributed by atoms with Gasteiger partial charge in [0.05, 0.1) is 17.8 Å². The largest absolute Gasteiger partial charge is 0.322 e. The van der Waals surface area contributed by atoms with E-state index in [9.17, 15) is 14.0 Å². The predicted octanol–water partition coefficient (Wildman–Crippen LogP) is 4.03. The lowest BCUT2D eigenvalue weighted by Gasteiger charge is -2.20. The van der Waals surface area contributed by atoms with E-state index in [4.69, 9.17) is 0 Å². The van der Waals surface area contributed by atoms with E-state index in [1.807, 2.05) is 31.2 Å². The summed E-state index contributed by atoms with van der Waals surface area (Å²) in [5.41, 5.74) is 3.10. The first-order valence-corrected chi connectivity index (χ1v) is 9.45. The fraction of sp³-hybridized carbons (Fsp3) is 0.130. The number of nitrogens with one attached hydrogen (secondary N) is 1. The van der Waals surface area contributed by atoms with Crippen LogP contribution in [-0.2, 0) is 9.59 Å². The monoisotopic (exact) mass is 402 g/mol. The zero-order valence-electron chi connectivity index (χ0n) is 16.3. The molecule has 30 heavy (non-hydrogen) atoms. The van der Waals surface area contributed by atoms with E-state index in [0.29, 0.717) is 17.2 Å².